The maximum absolute atomic E-state index is 6.33. The number of benzene rings is 1. The highest BCUT2D eigenvalue weighted by atomic mass is 15.1. The van der Waals surface area contributed by atoms with E-state index in [9.17, 15) is 0 Å². The first-order valence-electron chi connectivity index (χ1n) is 9.88. The van der Waals surface area contributed by atoms with Gasteiger partial charge in [-0.15, -0.1) is 0 Å². The molecule has 25 heavy (non-hydrogen) atoms. The van der Waals surface area contributed by atoms with E-state index in [1.54, 1.807) is 0 Å². The smallest absolute Gasteiger partial charge is 0.0652 e. The Morgan fingerprint density at radius 2 is 1.84 bits per heavy atom. The number of nitrogens with two attached hydrogens (primary N) is 1. The number of hydrogen-bond acceptors (Lipinski definition) is 3. The molecule has 3 rings (SSSR count). The molecule has 0 spiro atoms. The second kappa shape index (κ2) is 9.73. The van der Waals surface area contributed by atoms with Gasteiger partial charge < -0.3 is 10.6 Å². The molecular formula is C21H32N4. The summed E-state index contributed by atoms with van der Waals surface area (Å²) in [6.07, 6.45) is 11.7. The van der Waals surface area contributed by atoms with E-state index >= 15 is 0 Å². The Morgan fingerprint density at radius 1 is 1.04 bits per heavy atom. The van der Waals surface area contributed by atoms with Crippen LogP contribution in [0.15, 0.2) is 36.5 Å². The lowest BCUT2D eigenvalue weighted by Gasteiger charge is -2.16. The molecule has 1 aliphatic rings. The number of rotatable bonds is 10. The van der Waals surface area contributed by atoms with Crippen molar-refractivity contribution in [1.29, 1.82) is 0 Å². The van der Waals surface area contributed by atoms with Gasteiger partial charge in [0.25, 0.3) is 0 Å². The van der Waals surface area contributed by atoms with E-state index in [2.05, 4.69) is 39.4 Å². The maximum Gasteiger partial charge on any atom is 0.0652 e. The minimum Gasteiger partial charge on any atom is -0.328 e. The van der Waals surface area contributed by atoms with Crippen molar-refractivity contribution in [3.05, 3.63) is 42.1 Å². The van der Waals surface area contributed by atoms with Gasteiger partial charge in [-0.05, 0) is 76.2 Å². The van der Waals surface area contributed by atoms with Crippen LogP contribution >= 0.6 is 0 Å². The molecule has 1 aromatic heterocycles. The zero-order valence-electron chi connectivity index (χ0n) is 15.3. The average molecular weight is 341 g/mol. The Balaban J connectivity index is 1.35. The SMILES string of the molecule is NC(CCCCN1CCCC1)CCCc1ccccc1-c1ccn[nH]1. The van der Waals surface area contributed by atoms with Crippen molar-refractivity contribution < 1.29 is 0 Å². The van der Waals surface area contributed by atoms with Gasteiger partial charge in [0.1, 0.15) is 0 Å². The molecule has 0 saturated carbocycles. The molecule has 4 heteroatoms. The van der Waals surface area contributed by atoms with E-state index in [4.69, 9.17) is 5.73 Å². The first-order chi connectivity index (χ1) is 12.3. The van der Waals surface area contributed by atoms with Gasteiger partial charge in [-0.25, -0.2) is 0 Å². The molecule has 2 aromatic rings. The van der Waals surface area contributed by atoms with E-state index in [-0.39, 0.29) is 0 Å². The molecular weight excluding hydrogens is 308 g/mol. The van der Waals surface area contributed by atoms with Crippen LogP contribution < -0.4 is 5.73 Å². The molecule has 136 valence electrons. The monoisotopic (exact) mass is 340 g/mol. The lowest BCUT2D eigenvalue weighted by Crippen LogP contribution is -2.22. The van der Waals surface area contributed by atoms with Gasteiger partial charge in [0.05, 0.1) is 5.69 Å². The highest BCUT2D eigenvalue weighted by molar-refractivity contribution is 5.63. The third-order valence-corrected chi connectivity index (χ3v) is 5.33. The average Bonchev–Trinajstić information content (AvgIpc) is 3.33. The molecule has 4 nitrogen and oxygen atoms in total. The first-order valence-corrected chi connectivity index (χ1v) is 9.88. The van der Waals surface area contributed by atoms with Gasteiger partial charge >= 0.3 is 0 Å². The minimum atomic E-state index is 0.345. The predicted octanol–water partition coefficient (Wildman–Crippen LogP) is 3.99. The van der Waals surface area contributed by atoms with Crippen LogP contribution in [0, 0.1) is 0 Å². The number of aromatic nitrogens is 2. The van der Waals surface area contributed by atoms with Gasteiger partial charge in [0, 0.05) is 17.8 Å². The summed E-state index contributed by atoms with van der Waals surface area (Å²) in [6, 6.07) is 11.0. The van der Waals surface area contributed by atoms with E-state index in [0.717, 1.165) is 31.4 Å². The molecule has 0 amide bonds. The fourth-order valence-corrected chi connectivity index (χ4v) is 3.85. The van der Waals surface area contributed by atoms with E-state index in [1.165, 1.54) is 56.4 Å². The summed E-state index contributed by atoms with van der Waals surface area (Å²) in [5.41, 5.74) is 10.1. The number of H-pyrrole nitrogens is 1. The number of likely N-dealkylation sites (tertiary alicyclic amines) is 1. The number of aromatic amines is 1. The molecule has 1 saturated heterocycles. The third kappa shape index (κ3) is 5.68. The van der Waals surface area contributed by atoms with Gasteiger partial charge in [-0.1, -0.05) is 30.7 Å². The van der Waals surface area contributed by atoms with Gasteiger partial charge in [-0.2, -0.15) is 5.10 Å². The van der Waals surface area contributed by atoms with E-state index < -0.39 is 0 Å². The quantitative estimate of drug-likeness (QED) is 0.643. The molecule has 3 N–H and O–H groups in total. The fourth-order valence-electron chi connectivity index (χ4n) is 3.85. The summed E-state index contributed by atoms with van der Waals surface area (Å²) in [4.78, 5) is 2.60. The van der Waals surface area contributed by atoms with Crippen LogP contribution in [0.1, 0.15) is 50.5 Å². The zero-order chi connectivity index (χ0) is 17.3. The molecule has 2 heterocycles. The first kappa shape index (κ1) is 18.2. The normalized spacial score (nSPS) is 16.4. The maximum atomic E-state index is 6.33. The van der Waals surface area contributed by atoms with E-state index in [0.29, 0.717) is 6.04 Å². The molecule has 1 atom stereocenters. The molecule has 1 aliphatic heterocycles. The Hall–Kier alpha value is -1.65. The molecule has 0 bridgehead atoms. The minimum absolute atomic E-state index is 0.345. The van der Waals surface area contributed by atoms with Gasteiger partial charge in [0.2, 0.25) is 0 Å². The highest BCUT2D eigenvalue weighted by Gasteiger charge is 2.11. The summed E-state index contributed by atoms with van der Waals surface area (Å²) < 4.78 is 0. The predicted molar refractivity (Wildman–Crippen MR) is 104 cm³/mol. The number of unbranched alkanes of at least 4 members (excludes halogenated alkanes) is 1. The summed E-state index contributed by atoms with van der Waals surface area (Å²) in [6.45, 7) is 3.88. The van der Waals surface area contributed by atoms with Crippen molar-refractivity contribution in [2.75, 3.05) is 19.6 Å². The van der Waals surface area contributed by atoms with Crippen LogP contribution in [0.3, 0.4) is 0 Å². The Morgan fingerprint density at radius 3 is 2.64 bits per heavy atom. The van der Waals surface area contributed by atoms with Crippen molar-refractivity contribution in [1.82, 2.24) is 15.1 Å². The van der Waals surface area contributed by atoms with Crippen molar-refractivity contribution in [3.8, 4) is 11.3 Å². The molecule has 1 unspecified atom stereocenters. The summed E-state index contributed by atoms with van der Waals surface area (Å²) in [5.74, 6) is 0. The largest absolute Gasteiger partial charge is 0.328 e. The van der Waals surface area contributed by atoms with Crippen molar-refractivity contribution in [2.24, 2.45) is 5.73 Å². The van der Waals surface area contributed by atoms with Crippen LogP contribution in [-0.2, 0) is 6.42 Å². The fraction of sp³-hybridized carbons (Fsp3) is 0.571. The lowest BCUT2D eigenvalue weighted by atomic mass is 9.97. The second-order valence-corrected chi connectivity index (χ2v) is 7.32. The van der Waals surface area contributed by atoms with Crippen LogP contribution in [0.5, 0.6) is 0 Å². The van der Waals surface area contributed by atoms with Crippen molar-refractivity contribution in [2.45, 2.75) is 57.4 Å². The molecule has 1 aromatic carbocycles. The topological polar surface area (TPSA) is 57.9 Å². The molecule has 0 aliphatic carbocycles. The van der Waals surface area contributed by atoms with E-state index in [1.807, 2.05) is 12.3 Å². The Labute approximate surface area is 151 Å². The number of nitrogens with zero attached hydrogens (tertiary/aromatic N) is 2. The van der Waals surface area contributed by atoms with Crippen LogP contribution in [0.4, 0.5) is 0 Å². The summed E-state index contributed by atoms with van der Waals surface area (Å²) in [5, 5.41) is 7.14. The Bertz CT molecular complexity index is 602. The number of nitrogens with one attached hydrogen (secondary N) is 1. The Kier molecular flexibility index (Phi) is 7.07. The van der Waals surface area contributed by atoms with Crippen LogP contribution in [0.2, 0.25) is 0 Å². The van der Waals surface area contributed by atoms with Gasteiger partial charge in [-0.3, -0.25) is 5.10 Å². The number of hydrogen-bond donors (Lipinski definition) is 2. The van der Waals surface area contributed by atoms with Gasteiger partial charge in [0.15, 0.2) is 0 Å². The standard InChI is InChI=1S/C21H32N4/c22-19(10-3-4-15-25-16-5-6-17-25)11-7-9-18-8-1-2-12-20(18)21-13-14-23-24-21/h1-2,8,12-14,19H,3-7,9-11,15-17,22H2,(H,23,24). The number of aryl methyl sites for hydroxylation is 1. The molecule has 0 radical (unpaired) electrons. The van der Waals surface area contributed by atoms with Crippen LogP contribution in [0.25, 0.3) is 11.3 Å². The second-order valence-electron chi connectivity index (χ2n) is 7.32. The summed E-state index contributed by atoms with van der Waals surface area (Å²) >= 11 is 0. The summed E-state index contributed by atoms with van der Waals surface area (Å²) in [7, 11) is 0. The molecule has 1 fully saturated rings. The van der Waals surface area contributed by atoms with Crippen LogP contribution in [-0.4, -0.2) is 40.8 Å². The highest BCUT2D eigenvalue weighted by Crippen LogP contribution is 2.23. The van der Waals surface area contributed by atoms with Crippen molar-refractivity contribution in [3.63, 3.8) is 0 Å². The lowest BCUT2D eigenvalue weighted by molar-refractivity contribution is 0.325. The zero-order valence-corrected chi connectivity index (χ0v) is 15.3. The van der Waals surface area contributed by atoms with Crippen molar-refractivity contribution >= 4 is 0 Å². The third-order valence-electron chi connectivity index (χ3n) is 5.33.